The van der Waals surface area contributed by atoms with Gasteiger partial charge in [-0.15, -0.1) is 0 Å². The van der Waals surface area contributed by atoms with Crippen LogP contribution in [0.5, 0.6) is 0 Å². The van der Waals surface area contributed by atoms with E-state index >= 15 is 0 Å². The van der Waals surface area contributed by atoms with Gasteiger partial charge in [-0.1, -0.05) is 133 Å². The lowest BCUT2D eigenvalue weighted by Crippen LogP contribution is -2.64. The van der Waals surface area contributed by atoms with Gasteiger partial charge in [-0.3, -0.25) is 0 Å². The van der Waals surface area contributed by atoms with Gasteiger partial charge in [-0.25, -0.2) is 0 Å². The monoisotopic (exact) mass is 892 g/mol. The summed E-state index contributed by atoms with van der Waals surface area (Å²) in [6.45, 7) is 14.5. The molecule has 4 aliphatic rings. The van der Waals surface area contributed by atoms with E-state index in [0.29, 0.717) is 0 Å². The summed E-state index contributed by atoms with van der Waals surface area (Å²) in [5, 5.41) is 2.36. The van der Waals surface area contributed by atoms with E-state index in [9.17, 15) is 0 Å². The summed E-state index contributed by atoms with van der Waals surface area (Å²) in [6.07, 6.45) is 15.3. The number of hydrogen-bond acceptors (Lipinski definition) is 4. The maximum atomic E-state index is 6.83. The first-order valence-electron chi connectivity index (χ1n) is 26.2. The van der Waals surface area contributed by atoms with Crippen molar-refractivity contribution in [3.05, 3.63) is 161 Å². The van der Waals surface area contributed by atoms with Gasteiger partial charge < -0.3 is 19.0 Å². The maximum Gasteiger partial charge on any atom is 0.333 e. The molecule has 0 N–H and O–H groups in total. The van der Waals surface area contributed by atoms with Gasteiger partial charge >= 0.3 is 6.85 Å². The van der Waals surface area contributed by atoms with Crippen molar-refractivity contribution in [1.82, 2.24) is 0 Å². The summed E-state index contributed by atoms with van der Waals surface area (Å²) < 4.78 is 6.83. The number of rotatable bonds is 13. The van der Waals surface area contributed by atoms with Crippen molar-refractivity contribution in [3.8, 4) is 11.1 Å². The number of nitrogens with zero attached hydrogens (tertiary/aromatic N) is 3. The molecule has 2 unspecified atom stereocenters. The van der Waals surface area contributed by atoms with Crippen molar-refractivity contribution in [3.63, 3.8) is 0 Å². The van der Waals surface area contributed by atoms with Crippen LogP contribution in [0.4, 0.5) is 39.8 Å². The summed E-state index contributed by atoms with van der Waals surface area (Å²) in [5.41, 5.74) is 23.3. The van der Waals surface area contributed by atoms with Crippen molar-refractivity contribution in [2.75, 3.05) is 14.6 Å². The summed E-state index contributed by atoms with van der Waals surface area (Å²) in [4.78, 5) is 8.22. The molecule has 8 aromatic rings. The van der Waals surface area contributed by atoms with Crippen LogP contribution in [0.3, 0.4) is 0 Å². The molecule has 1 fully saturated rings. The summed E-state index contributed by atoms with van der Waals surface area (Å²) >= 11 is 0. The van der Waals surface area contributed by atoms with Crippen molar-refractivity contribution < 1.29 is 4.42 Å². The highest BCUT2D eigenvalue weighted by atomic mass is 16.3. The third-order valence-electron chi connectivity index (χ3n) is 17.0. The molecule has 4 nitrogen and oxygen atoms in total. The Morgan fingerprint density at radius 2 is 1.28 bits per heavy atom. The predicted molar refractivity (Wildman–Crippen MR) is 291 cm³/mol. The number of unbranched alkanes of at least 4 members (excludes halogenated alkanes) is 3. The Kier molecular flexibility index (Phi) is 10.6. The molecule has 68 heavy (non-hydrogen) atoms. The Morgan fingerprint density at radius 1 is 0.588 bits per heavy atom. The number of furan rings is 1. The smallest absolute Gasteiger partial charge is 0.333 e. The van der Waals surface area contributed by atoms with Gasteiger partial charge in [-0.2, -0.15) is 0 Å². The lowest BCUT2D eigenvalue weighted by Gasteiger charge is -2.53. The van der Waals surface area contributed by atoms with E-state index in [4.69, 9.17) is 4.42 Å². The summed E-state index contributed by atoms with van der Waals surface area (Å²) in [6, 6.07) is 51.7. The van der Waals surface area contributed by atoms with Gasteiger partial charge in [0.15, 0.2) is 0 Å². The lowest BCUT2D eigenvalue weighted by atomic mass is 9.43. The zero-order valence-corrected chi connectivity index (χ0v) is 41.2. The molecule has 4 heterocycles. The molecule has 2 atom stereocenters. The fourth-order valence-corrected chi connectivity index (χ4v) is 13.3. The van der Waals surface area contributed by atoms with Gasteiger partial charge in [-0.05, 0) is 170 Å². The average molecular weight is 892 g/mol. The number of hydrogen-bond donors (Lipinski definition) is 0. The maximum absolute atomic E-state index is 6.83. The summed E-state index contributed by atoms with van der Waals surface area (Å²) in [7, 11) is 0. The molecule has 7 aromatic carbocycles. The second-order valence-electron chi connectivity index (χ2n) is 21.1. The van der Waals surface area contributed by atoms with Crippen molar-refractivity contribution >= 4 is 79.5 Å². The Labute approximate surface area is 405 Å². The van der Waals surface area contributed by atoms with Crippen LogP contribution >= 0.6 is 0 Å². The molecule has 342 valence electrons. The number of benzene rings is 7. The molecule has 0 spiro atoms. The molecule has 0 amide bonds. The number of aryl methyl sites for hydroxylation is 4. The third kappa shape index (κ3) is 6.47. The second-order valence-corrected chi connectivity index (χ2v) is 21.1. The lowest BCUT2D eigenvalue weighted by molar-refractivity contribution is 0.195. The minimum absolute atomic E-state index is 0.00999. The highest BCUT2D eigenvalue weighted by Gasteiger charge is 2.62. The average Bonchev–Trinajstić information content (AvgIpc) is 3.84. The first-order valence-corrected chi connectivity index (χ1v) is 26.2. The van der Waals surface area contributed by atoms with Crippen LogP contribution in [0.1, 0.15) is 127 Å². The van der Waals surface area contributed by atoms with E-state index in [1.54, 1.807) is 5.56 Å². The molecular formula is C63H66BN3O. The van der Waals surface area contributed by atoms with E-state index < -0.39 is 0 Å². The Hall–Kier alpha value is -6.20. The topological polar surface area (TPSA) is 22.9 Å². The Bertz CT molecular complexity index is 3220. The van der Waals surface area contributed by atoms with Gasteiger partial charge in [0, 0.05) is 56.2 Å². The molecular weight excluding hydrogens is 826 g/mol. The van der Waals surface area contributed by atoms with Gasteiger partial charge in [0.1, 0.15) is 11.2 Å². The molecule has 3 aliphatic heterocycles. The van der Waals surface area contributed by atoms with E-state index in [1.807, 2.05) is 0 Å². The molecule has 12 rings (SSSR count). The van der Waals surface area contributed by atoms with E-state index in [2.05, 4.69) is 190 Å². The quantitative estimate of drug-likeness (QED) is 0.108. The van der Waals surface area contributed by atoms with E-state index in [1.165, 1.54) is 147 Å². The molecule has 0 radical (unpaired) electrons. The first-order chi connectivity index (χ1) is 33.3. The first kappa shape index (κ1) is 43.1. The predicted octanol–water partition coefficient (Wildman–Crippen LogP) is 16.4. The van der Waals surface area contributed by atoms with Gasteiger partial charge in [0.2, 0.25) is 0 Å². The van der Waals surface area contributed by atoms with Crippen molar-refractivity contribution in [2.45, 2.75) is 136 Å². The zero-order valence-electron chi connectivity index (χ0n) is 41.2. The second kappa shape index (κ2) is 16.8. The van der Waals surface area contributed by atoms with Crippen LogP contribution in [0.25, 0.3) is 33.1 Å². The Balaban J connectivity index is 1.21. The SMILES string of the molecule is CCCCc1ccc(N(c2ccccc2)c2cc3c4c(c2)N2c5c(cc(CCCC)cc5C5(C)CCCCC25C)B4N(c2ccc(CCCC)cc2C)c2c-3ccc3oc4ccccc4c23)cc1. The molecule has 1 aromatic heterocycles. The zero-order chi connectivity index (χ0) is 46.3. The van der Waals surface area contributed by atoms with E-state index in [0.717, 1.165) is 42.5 Å². The third-order valence-corrected chi connectivity index (χ3v) is 17.0. The minimum Gasteiger partial charge on any atom is -0.456 e. The molecule has 1 saturated carbocycles. The molecule has 0 bridgehead atoms. The highest BCUT2D eigenvalue weighted by Crippen LogP contribution is 2.63. The molecule has 1 aliphatic carbocycles. The van der Waals surface area contributed by atoms with Crippen LogP contribution in [0.15, 0.2) is 138 Å². The minimum atomic E-state index is -0.103. The Morgan fingerprint density at radius 3 is 2.04 bits per heavy atom. The van der Waals surface area contributed by atoms with Crippen LogP contribution in [-0.4, -0.2) is 12.4 Å². The fraction of sp³-hybridized carbons (Fsp3) is 0.333. The highest BCUT2D eigenvalue weighted by molar-refractivity contribution is 6.94. The van der Waals surface area contributed by atoms with Crippen LogP contribution in [0.2, 0.25) is 0 Å². The number of fused-ring (bicyclic) bond motifs is 11. The van der Waals surface area contributed by atoms with Gasteiger partial charge in [0.25, 0.3) is 0 Å². The summed E-state index contributed by atoms with van der Waals surface area (Å²) in [5.74, 6) is 0. The number of para-hydroxylation sites is 2. The van der Waals surface area contributed by atoms with Gasteiger partial charge in [0.05, 0.1) is 10.9 Å². The van der Waals surface area contributed by atoms with Crippen molar-refractivity contribution in [2.24, 2.45) is 0 Å². The normalized spacial score (nSPS) is 18.8. The largest absolute Gasteiger partial charge is 0.456 e. The van der Waals surface area contributed by atoms with E-state index in [-0.39, 0.29) is 17.8 Å². The van der Waals surface area contributed by atoms with Crippen molar-refractivity contribution in [1.29, 1.82) is 0 Å². The van der Waals surface area contributed by atoms with Crippen LogP contribution < -0.4 is 25.5 Å². The molecule has 0 saturated heterocycles. The molecule has 5 heteroatoms. The fourth-order valence-electron chi connectivity index (χ4n) is 13.3. The standard InChI is InChI=1S/C63H66BN3O/c1-7-10-20-43-27-30-47(31-28-43)65(46-23-14-13-15-24-46)48-40-51-49-32-34-57-58(50-25-16-17-26-56(50)68-57)60(49)67(54-33-29-44(21-11-8-2)37-42(54)4)64-53-39-45(22-12-9-3)38-52-61(53)66(55(41-48)59(51)64)63(6)36-19-18-35-62(52,63)5/h13-17,23-34,37-41H,7-12,18-22,35-36H2,1-6H3. The van der Waals surface area contributed by atoms with Crippen LogP contribution in [-0.2, 0) is 24.7 Å². The van der Waals surface area contributed by atoms with Crippen LogP contribution in [0, 0.1) is 6.92 Å². The number of anilines is 7.